The zero-order valence-corrected chi connectivity index (χ0v) is 20.7. The Hall–Kier alpha value is -3.15. The summed E-state index contributed by atoms with van der Waals surface area (Å²) in [5, 5.41) is 6.40. The molecule has 5 aliphatic carbocycles. The molecule has 1 heterocycles. The number of fused-ring (bicyclic) bond motifs is 1. The molecule has 0 spiro atoms. The van der Waals surface area contributed by atoms with E-state index in [0.29, 0.717) is 11.6 Å². The number of hydrogen-bond donors (Lipinski definition) is 3. The third kappa shape index (κ3) is 3.91. The fraction of sp³-hybridized carbons (Fsp3) is 0.500. The second-order valence-corrected chi connectivity index (χ2v) is 12.0. The molecule has 1 aromatic heterocycles. The van der Waals surface area contributed by atoms with E-state index in [1.165, 1.54) is 32.1 Å². The molecule has 2 amide bonds. The van der Waals surface area contributed by atoms with Gasteiger partial charge in [0.25, 0.3) is 5.91 Å². The number of rotatable bonds is 5. The maximum absolute atomic E-state index is 13.5. The minimum absolute atomic E-state index is 0.00235. The summed E-state index contributed by atoms with van der Waals surface area (Å²) in [4.78, 5) is 34.2. The molecule has 0 atom stereocenters. The molecule has 0 saturated heterocycles. The summed E-state index contributed by atoms with van der Waals surface area (Å²) < 4.78 is 0. The van der Waals surface area contributed by atoms with Crippen molar-refractivity contribution in [2.75, 3.05) is 5.32 Å². The van der Waals surface area contributed by atoms with Gasteiger partial charge in [-0.25, -0.2) is 4.98 Å². The van der Waals surface area contributed by atoms with E-state index in [9.17, 15) is 9.59 Å². The standard InChI is InChI=1S/C30H34N4O2/c35-28(31-23-3-1-2-4-23)22-7-5-21(6-8-22)27-33-25-10-9-24(14-26(25)34-27)32-29(36)30-15-18-11-19(16-30)13-20(12-18)17-30/h5-10,14,18-20,23H,1-4,11-13,15-17H2,(H,31,35)(H,32,36)(H,33,34). The highest BCUT2D eigenvalue weighted by atomic mass is 16.2. The van der Waals surface area contributed by atoms with E-state index >= 15 is 0 Å². The van der Waals surface area contributed by atoms with E-state index in [4.69, 9.17) is 4.98 Å². The number of imidazole rings is 1. The second-order valence-electron chi connectivity index (χ2n) is 12.0. The van der Waals surface area contributed by atoms with E-state index in [1.807, 2.05) is 42.5 Å². The first-order chi connectivity index (χ1) is 17.5. The lowest BCUT2D eigenvalue weighted by molar-refractivity contribution is -0.140. The van der Waals surface area contributed by atoms with Crippen molar-refractivity contribution in [3.05, 3.63) is 48.0 Å². The Kier molecular flexibility index (Phi) is 5.19. The monoisotopic (exact) mass is 482 g/mol. The molecule has 0 aliphatic heterocycles. The van der Waals surface area contributed by atoms with Gasteiger partial charge in [0.2, 0.25) is 5.91 Å². The van der Waals surface area contributed by atoms with Crippen LogP contribution in [0.4, 0.5) is 5.69 Å². The van der Waals surface area contributed by atoms with E-state index in [2.05, 4.69) is 15.6 Å². The number of aromatic nitrogens is 2. The van der Waals surface area contributed by atoms with Gasteiger partial charge in [-0.05, 0) is 99.5 Å². The maximum atomic E-state index is 13.5. The van der Waals surface area contributed by atoms with Gasteiger partial charge in [0, 0.05) is 22.9 Å². The Bertz CT molecular complexity index is 1280. The van der Waals surface area contributed by atoms with Crippen molar-refractivity contribution in [2.24, 2.45) is 23.2 Å². The van der Waals surface area contributed by atoms with Crippen LogP contribution < -0.4 is 10.6 Å². The van der Waals surface area contributed by atoms with Crippen molar-refractivity contribution < 1.29 is 9.59 Å². The Morgan fingerprint density at radius 2 is 1.56 bits per heavy atom. The topological polar surface area (TPSA) is 86.9 Å². The van der Waals surface area contributed by atoms with Gasteiger partial charge >= 0.3 is 0 Å². The largest absolute Gasteiger partial charge is 0.349 e. The van der Waals surface area contributed by atoms with Crippen molar-refractivity contribution in [3.8, 4) is 11.4 Å². The lowest BCUT2D eigenvalue weighted by Crippen LogP contribution is -2.51. The Morgan fingerprint density at radius 3 is 2.22 bits per heavy atom. The van der Waals surface area contributed by atoms with E-state index in [1.54, 1.807) is 0 Å². The van der Waals surface area contributed by atoms with E-state index in [0.717, 1.165) is 78.0 Å². The highest BCUT2D eigenvalue weighted by molar-refractivity contribution is 5.97. The molecule has 6 nitrogen and oxygen atoms in total. The molecular weight excluding hydrogens is 448 g/mol. The molecule has 5 saturated carbocycles. The van der Waals surface area contributed by atoms with E-state index in [-0.39, 0.29) is 17.2 Å². The predicted molar refractivity (Wildman–Crippen MR) is 140 cm³/mol. The number of nitrogens with zero attached hydrogens (tertiary/aromatic N) is 1. The first-order valence-corrected chi connectivity index (χ1v) is 13.8. The summed E-state index contributed by atoms with van der Waals surface area (Å²) in [7, 11) is 0. The lowest BCUT2D eigenvalue weighted by atomic mass is 9.49. The number of carbonyl (C=O) groups is 2. The number of nitrogens with one attached hydrogen (secondary N) is 3. The van der Waals surface area contributed by atoms with Crippen LogP contribution in [-0.4, -0.2) is 27.8 Å². The zero-order chi connectivity index (χ0) is 24.3. The molecule has 2 aromatic carbocycles. The third-order valence-electron chi connectivity index (χ3n) is 9.37. The minimum Gasteiger partial charge on any atom is -0.349 e. The normalized spacial score (nSPS) is 29.1. The van der Waals surface area contributed by atoms with Crippen LogP contribution in [0.25, 0.3) is 22.4 Å². The van der Waals surface area contributed by atoms with Crippen LogP contribution >= 0.6 is 0 Å². The van der Waals surface area contributed by atoms with Crippen molar-refractivity contribution in [2.45, 2.75) is 70.3 Å². The van der Waals surface area contributed by atoms with Crippen LogP contribution in [0.15, 0.2) is 42.5 Å². The molecule has 5 fully saturated rings. The molecule has 36 heavy (non-hydrogen) atoms. The van der Waals surface area contributed by atoms with Crippen LogP contribution in [0.2, 0.25) is 0 Å². The molecule has 4 bridgehead atoms. The van der Waals surface area contributed by atoms with Crippen LogP contribution in [-0.2, 0) is 4.79 Å². The van der Waals surface area contributed by atoms with Crippen LogP contribution in [0, 0.1) is 23.2 Å². The fourth-order valence-electron chi connectivity index (χ4n) is 7.99. The summed E-state index contributed by atoms with van der Waals surface area (Å²) >= 11 is 0. The number of carbonyl (C=O) groups excluding carboxylic acids is 2. The number of hydrogen-bond acceptors (Lipinski definition) is 3. The summed E-state index contributed by atoms with van der Waals surface area (Å²) in [6, 6.07) is 13.8. The van der Waals surface area contributed by atoms with Gasteiger partial charge in [-0.3, -0.25) is 9.59 Å². The van der Waals surface area contributed by atoms with Crippen LogP contribution in [0.1, 0.15) is 74.6 Å². The summed E-state index contributed by atoms with van der Waals surface area (Å²) in [5.41, 5.74) is 4.04. The van der Waals surface area contributed by atoms with Crippen molar-refractivity contribution in [1.82, 2.24) is 15.3 Å². The zero-order valence-electron chi connectivity index (χ0n) is 20.7. The molecular formula is C30H34N4O2. The number of amides is 2. The SMILES string of the molecule is O=C(NC1CCCC1)c1ccc(-c2nc3ccc(NC(=O)C45CC6CC(CC(C6)C4)C5)cc3[nH]2)cc1. The summed E-state index contributed by atoms with van der Waals surface area (Å²) in [6.45, 7) is 0. The van der Waals surface area contributed by atoms with Gasteiger partial charge in [-0.2, -0.15) is 0 Å². The molecule has 6 heteroatoms. The number of H-pyrrole nitrogens is 1. The smallest absolute Gasteiger partial charge is 0.251 e. The van der Waals surface area contributed by atoms with Crippen LogP contribution in [0.5, 0.6) is 0 Å². The maximum Gasteiger partial charge on any atom is 0.251 e. The Balaban J connectivity index is 1.06. The van der Waals surface area contributed by atoms with Crippen LogP contribution in [0.3, 0.4) is 0 Å². The average molecular weight is 483 g/mol. The molecule has 8 rings (SSSR count). The second kappa shape index (κ2) is 8.46. The number of anilines is 1. The summed E-state index contributed by atoms with van der Waals surface area (Å²) in [5.74, 6) is 3.22. The first-order valence-electron chi connectivity index (χ1n) is 13.8. The van der Waals surface area contributed by atoms with Gasteiger partial charge in [-0.15, -0.1) is 0 Å². The Labute approximate surface area is 211 Å². The van der Waals surface area contributed by atoms with Crippen molar-refractivity contribution in [3.63, 3.8) is 0 Å². The van der Waals surface area contributed by atoms with E-state index < -0.39 is 0 Å². The van der Waals surface area contributed by atoms with Gasteiger partial charge < -0.3 is 15.6 Å². The fourth-order valence-corrected chi connectivity index (χ4v) is 7.99. The molecule has 0 unspecified atom stereocenters. The average Bonchev–Trinajstić information content (AvgIpc) is 3.53. The molecule has 186 valence electrons. The quantitative estimate of drug-likeness (QED) is 0.413. The molecule has 5 aliphatic rings. The highest BCUT2D eigenvalue weighted by Crippen LogP contribution is 2.60. The van der Waals surface area contributed by atoms with Gasteiger partial charge in [0.15, 0.2) is 0 Å². The number of benzene rings is 2. The first kappa shape index (κ1) is 22.1. The summed E-state index contributed by atoms with van der Waals surface area (Å²) in [6.07, 6.45) is 11.8. The van der Waals surface area contributed by atoms with Crippen molar-refractivity contribution >= 4 is 28.5 Å². The molecule has 0 radical (unpaired) electrons. The lowest BCUT2D eigenvalue weighted by Gasteiger charge is -2.55. The Morgan fingerprint density at radius 1 is 0.889 bits per heavy atom. The molecule has 3 N–H and O–H groups in total. The predicted octanol–water partition coefficient (Wildman–Crippen LogP) is 6.06. The van der Waals surface area contributed by atoms with Gasteiger partial charge in [0.05, 0.1) is 16.4 Å². The highest BCUT2D eigenvalue weighted by Gasteiger charge is 2.54. The number of aromatic amines is 1. The minimum atomic E-state index is -0.158. The third-order valence-corrected chi connectivity index (χ3v) is 9.37. The van der Waals surface area contributed by atoms with Crippen molar-refractivity contribution in [1.29, 1.82) is 0 Å². The molecule has 3 aromatic rings. The van der Waals surface area contributed by atoms with Gasteiger partial charge in [-0.1, -0.05) is 25.0 Å². The van der Waals surface area contributed by atoms with Gasteiger partial charge in [0.1, 0.15) is 5.82 Å².